The van der Waals surface area contributed by atoms with Crippen molar-refractivity contribution in [3.63, 3.8) is 0 Å². The first-order valence-corrected chi connectivity index (χ1v) is 44.9. The molecular formula is C89H165NO18. The van der Waals surface area contributed by atoms with Crippen LogP contribution in [-0.4, -0.2) is 193 Å². The first-order valence-electron chi connectivity index (χ1n) is 44.9. The molecule has 3 aliphatic rings. The molecule has 17 atom stereocenters. The lowest BCUT2D eigenvalue weighted by atomic mass is 9.96. The maximum atomic E-state index is 13.5. The van der Waals surface area contributed by atoms with E-state index < -0.39 is 124 Å². The Morgan fingerprint density at radius 1 is 0.343 bits per heavy atom. The highest BCUT2D eigenvalue weighted by Gasteiger charge is 2.54. The molecule has 3 saturated heterocycles. The summed E-state index contributed by atoms with van der Waals surface area (Å²) in [5.74, 6) is -0.235. The molecule has 19 nitrogen and oxygen atoms in total. The SMILES string of the molecule is CC/C=C\C/C=C\C/C=C\C/C=C\CCCCCCCCCCCCCCCCCCCCCCC(=O)NC(COC1OC(CO)C(OC2OC(CO)C(OC3OC(CO)C(O)C(O)C3O)C(O)C2O)C(O)C1O)C(O)CCCCCCCCCCCCCCCCCCCCCCCCCCCCCCCC. The summed E-state index contributed by atoms with van der Waals surface area (Å²) in [7, 11) is 0. The highest BCUT2D eigenvalue weighted by molar-refractivity contribution is 5.76. The zero-order chi connectivity index (χ0) is 78.1. The van der Waals surface area contributed by atoms with Crippen LogP contribution in [-0.2, 0) is 33.2 Å². The minimum Gasteiger partial charge on any atom is -0.394 e. The van der Waals surface area contributed by atoms with Gasteiger partial charge >= 0.3 is 0 Å². The number of aliphatic hydroxyl groups excluding tert-OH is 11. The summed E-state index contributed by atoms with van der Waals surface area (Å²) in [6.45, 7) is 1.76. The Hall–Kier alpha value is -2.25. The number of ether oxygens (including phenoxy) is 6. The number of allylic oxidation sites excluding steroid dienone is 8. The van der Waals surface area contributed by atoms with Gasteiger partial charge in [-0.15, -0.1) is 0 Å². The van der Waals surface area contributed by atoms with E-state index in [4.69, 9.17) is 28.4 Å². The summed E-state index contributed by atoms with van der Waals surface area (Å²) in [4.78, 5) is 13.5. The Kier molecular flexibility index (Phi) is 63.9. The second-order valence-corrected chi connectivity index (χ2v) is 32.0. The lowest BCUT2D eigenvalue weighted by Crippen LogP contribution is -2.66. The van der Waals surface area contributed by atoms with Crippen molar-refractivity contribution in [3.8, 4) is 0 Å². The van der Waals surface area contributed by atoms with Gasteiger partial charge in [-0.1, -0.05) is 371 Å². The molecule has 0 aromatic carbocycles. The second-order valence-electron chi connectivity index (χ2n) is 32.0. The normalized spacial score (nSPS) is 25.6. The Labute approximate surface area is 656 Å². The number of aliphatic hydroxyl groups is 11. The molecule has 0 aromatic heterocycles. The van der Waals surface area contributed by atoms with E-state index >= 15 is 0 Å². The van der Waals surface area contributed by atoms with Gasteiger partial charge in [0.1, 0.15) is 73.2 Å². The number of hydrogen-bond donors (Lipinski definition) is 12. The van der Waals surface area contributed by atoms with Gasteiger partial charge in [-0.2, -0.15) is 0 Å². The topological polar surface area (TPSA) is 307 Å². The maximum Gasteiger partial charge on any atom is 0.220 e. The smallest absolute Gasteiger partial charge is 0.220 e. The summed E-state index contributed by atoms with van der Waals surface area (Å²) < 4.78 is 34.6. The van der Waals surface area contributed by atoms with Crippen LogP contribution in [0.25, 0.3) is 0 Å². The Bertz CT molecular complexity index is 2130. The molecule has 0 aliphatic carbocycles. The molecule has 3 heterocycles. The summed E-state index contributed by atoms with van der Waals surface area (Å²) in [6, 6.07) is -0.889. The van der Waals surface area contributed by atoms with Crippen molar-refractivity contribution in [1.29, 1.82) is 0 Å². The van der Waals surface area contributed by atoms with Gasteiger partial charge in [-0.3, -0.25) is 4.79 Å². The van der Waals surface area contributed by atoms with Gasteiger partial charge in [-0.25, -0.2) is 0 Å². The maximum absolute atomic E-state index is 13.5. The molecule has 3 fully saturated rings. The fourth-order valence-electron chi connectivity index (χ4n) is 15.3. The minimum atomic E-state index is -1.97. The van der Waals surface area contributed by atoms with Crippen LogP contribution in [0.4, 0.5) is 0 Å². The van der Waals surface area contributed by atoms with Crippen LogP contribution < -0.4 is 5.32 Å². The summed E-state index contributed by atoms with van der Waals surface area (Å²) in [5.41, 5.74) is 0. The molecule has 0 spiro atoms. The van der Waals surface area contributed by atoms with E-state index in [1.807, 2.05) is 0 Å². The summed E-state index contributed by atoms with van der Waals surface area (Å²) >= 11 is 0. The third-order valence-electron chi connectivity index (χ3n) is 22.4. The standard InChI is InChI=1S/C89H165NO18/c1-3-5-7-9-11-13-15-17-19-21-23-25-27-29-31-33-35-36-37-39-41-43-45-47-49-51-53-55-57-59-61-63-65-67-77(95)90-72(73(94)66-64-62-60-58-56-54-52-50-48-46-44-42-40-38-34-32-30-28-26-24-22-20-18-16-14-12-10-8-6-4-2)71-103-87-83(101)80(98)85(75(69-92)105-87)108-89-84(102)81(99)86(76(70-93)106-89)107-88-82(100)79(97)78(96)74(68-91)104-88/h5,7,11,13,17,19,23,25,72-76,78-89,91-94,96-102H,3-4,6,8-10,12,14-16,18,20-22,24,26-71H2,1-2H3,(H,90,95)/b7-5-,13-11-,19-17-,25-23-. The molecule has 1 amide bonds. The van der Waals surface area contributed by atoms with Gasteiger partial charge in [0, 0.05) is 6.42 Å². The van der Waals surface area contributed by atoms with Gasteiger partial charge in [0.2, 0.25) is 5.91 Å². The number of unbranched alkanes of at least 4 members (excludes halogenated alkanes) is 49. The molecule has 634 valence electrons. The lowest BCUT2D eigenvalue weighted by molar-refractivity contribution is -0.379. The molecule has 0 bridgehead atoms. The van der Waals surface area contributed by atoms with Crippen LogP contribution in [0.15, 0.2) is 48.6 Å². The van der Waals surface area contributed by atoms with Gasteiger partial charge in [0.15, 0.2) is 18.9 Å². The van der Waals surface area contributed by atoms with Gasteiger partial charge < -0.3 is 89.9 Å². The quantitative estimate of drug-likeness (QED) is 0.0199. The molecular weight excluding hydrogens is 1370 g/mol. The fraction of sp³-hybridized carbons (Fsp3) is 0.899. The van der Waals surface area contributed by atoms with E-state index in [0.717, 1.165) is 70.6 Å². The highest BCUT2D eigenvalue weighted by Crippen LogP contribution is 2.34. The highest BCUT2D eigenvalue weighted by atomic mass is 16.8. The minimum absolute atomic E-state index is 0.235. The Morgan fingerprint density at radius 2 is 0.639 bits per heavy atom. The van der Waals surface area contributed by atoms with E-state index in [-0.39, 0.29) is 18.9 Å². The van der Waals surface area contributed by atoms with Crippen molar-refractivity contribution >= 4 is 5.91 Å². The van der Waals surface area contributed by atoms with Crippen LogP contribution in [0, 0.1) is 0 Å². The average molecular weight is 1540 g/mol. The number of rotatable bonds is 73. The van der Waals surface area contributed by atoms with Crippen molar-refractivity contribution < 1.29 is 89.4 Å². The first kappa shape index (κ1) is 99.9. The van der Waals surface area contributed by atoms with Crippen LogP contribution >= 0.6 is 0 Å². The number of amides is 1. The van der Waals surface area contributed by atoms with Crippen LogP contribution in [0.1, 0.15) is 380 Å². The third-order valence-corrected chi connectivity index (χ3v) is 22.4. The van der Waals surface area contributed by atoms with E-state index in [9.17, 15) is 61.0 Å². The number of nitrogens with one attached hydrogen (secondary N) is 1. The van der Waals surface area contributed by atoms with Gasteiger partial charge in [0.05, 0.1) is 38.6 Å². The van der Waals surface area contributed by atoms with Gasteiger partial charge in [0.25, 0.3) is 0 Å². The first-order chi connectivity index (χ1) is 52.8. The Morgan fingerprint density at radius 3 is 1.00 bits per heavy atom. The summed E-state index contributed by atoms with van der Waals surface area (Å²) in [6.07, 6.45) is 62.2. The van der Waals surface area contributed by atoms with Crippen LogP contribution in [0.3, 0.4) is 0 Å². The molecule has 3 rings (SSSR count). The van der Waals surface area contributed by atoms with E-state index in [1.165, 1.54) is 276 Å². The van der Waals surface area contributed by atoms with Crippen molar-refractivity contribution in [2.45, 2.75) is 484 Å². The monoisotopic (exact) mass is 1540 g/mol. The predicted octanol–water partition coefficient (Wildman–Crippen LogP) is 16.8. The predicted molar refractivity (Wildman–Crippen MR) is 434 cm³/mol. The van der Waals surface area contributed by atoms with Gasteiger partial charge in [-0.05, 0) is 51.4 Å². The number of carbonyl (C=O) groups excluding carboxylic acids is 1. The summed E-state index contributed by atoms with van der Waals surface area (Å²) in [5, 5.41) is 121. The molecule has 108 heavy (non-hydrogen) atoms. The van der Waals surface area contributed by atoms with Crippen LogP contribution in [0.2, 0.25) is 0 Å². The van der Waals surface area contributed by atoms with E-state index in [0.29, 0.717) is 12.8 Å². The Balaban J connectivity index is 1.32. The van der Waals surface area contributed by atoms with Crippen molar-refractivity contribution in [3.05, 3.63) is 48.6 Å². The van der Waals surface area contributed by atoms with Crippen molar-refractivity contribution in [1.82, 2.24) is 5.32 Å². The zero-order valence-corrected chi connectivity index (χ0v) is 68.3. The van der Waals surface area contributed by atoms with Crippen molar-refractivity contribution in [2.24, 2.45) is 0 Å². The van der Waals surface area contributed by atoms with Crippen LogP contribution in [0.5, 0.6) is 0 Å². The largest absolute Gasteiger partial charge is 0.394 e. The molecule has 0 aromatic rings. The second kappa shape index (κ2) is 69.1. The van der Waals surface area contributed by atoms with E-state index in [1.54, 1.807) is 0 Å². The molecule has 3 aliphatic heterocycles. The molecule has 19 heteroatoms. The molecule has 12 N–H and O–H groups in total. The molecule has 17 unspecified atom stereocenters. The van der Waals surface area contributed by atoms with E-state index in [2.05, 4.69) is 67.8 Å². The number of carbonyl (C=O) groups is 1. The molecule has 0 saturated carbocycles. The zero-order valence-electron chi connectivity index (χ0n) is 68.3. The third kappa shape index (κ3) is 47.6. The molecule has 0 radical (unpaired) electrons. The average Bonchev–Trinajstić information content (AvgIpc) is 0.779. The fourth-order valence-corrected chi connectivity index (χ4v) is 15.3. The lowest BCUT2D eigenvalue weighted by Gasteiger charge is -2.48. The van der Waals surface area contributed by atoms with Crippen molar-refractivity contribution in [2.75, 3.05) is 26.4 Å². The number of hydrogen-bond acceptors (Lipinski definition) is 18.